The van der Waals surface area contributed by atoms with Crippen LogP contribution in [0.4, 0.5) is 18.9 Å². The van der Waals surface area contributed by atoms with Gasteiger partial charge in [-0.25, -0.2) is 4.99 Å². The van der Waals surface area contributed by atoms with Gasteiger partial charge in [-0.1, -0.05) is 24.6 Å². The van der Waals surface area contributed by atoms with Crippen molar-refractivity contribution >= 4 is 23.1 Å². The standard InChI is InChI=1S/C23H25ClF3N3O2/c1-2-19(21(29-31)28-17-6-4-16(24)5-7-17)30-11-9-22(10-12-30)14-32-20-13-15(23(25,26)27)3-8-18(20)22/h3-8,13,19,31H,2,9-12,14H2,1H3,(H,28,29). The van der Waals surface area contributed by atoms with Gasteiger partial charge in [-0.15, -0.1) is 0 Å². The Labute approximate surface area is 189 Å². The van der Waals surface area contributed by atoms with Crippen molar-refractivity contribution in [3.05, 3.63) is 58.6 Å². The molecule has 1 unspecified atom stereocenters. The second-order valence-electron chi connectivity index (χ2n) is 8.32. The third-order valence-electron chi connectivity index (χ3n) is 6.47. The van der Waals surface area contributed by atoms with Gasteiger partial charge < -0.3 is 4.74 Å². The van der Waals surface area contributed by atoms with Crippen LogP contribution in [0.25, 0.3) is 0 Å². The molecule has 0 radical (unpaired) electrons. The Morgan fingerprint density at radius 1 is 1.22 bits per heavy atom. The van der Waals surface area contributed by atoms with Gasteiger partial charge in [0.25, 0.3) is 0 Å². The fourth-order valence-corrected chi connectivity index (χ4v) is 4.81. The van der Waals surface area contributed by atoms with E-state index in [1.54, 1.807) is 30.3 Å². The van der Waals surface area contributed by atoms with Crippen molar-refractivity contribution in [2.75, 3.05) is 19.7 Å². The molecule has 2 aromatic carbocycles. The minimum Gasteiger partial charge on any atom is -0.492 e. The van der Waals surface area contributed by atoms with Crippen LogP contribution in [0.1, 0.15) is 37.3 Å². The van der Waals surface area contributed by atoms with Gasteiger partial charge in [-0.3, -0.25) is 15.6 Å². The molecule has 32 heavy (non-hydrogen) atoms. The van der Waals surface area contributed by atoms with Crippen molar-refractivity contribution in [1.82, 2.24) is 10.4 Å². The molecule has 0 bridgehead atoms. The number of rotatable bonds is 4. The fourth-order valence-electron chi connectivity index (χ4n) is 4.68. The zero-order chi connectivity index (χ0) is 22.9. The van der Waals surface area contributed by atoms with Crippen molar-refractivity contribution in [2.24, 2.45) is 4.99 Å². The van der Waals surface area contributed by atoms with Crippen molar-refractivity contribution in [3.8, 4) is 5.75 Å². The predicted molar refractivity (Wildman–Crippen MR) is 117 cm³/mol. The maximum Gasteiger partial charge on any atom is 0.416 e. The Kier molecular flexibility index (Phi) is 6.38. The number of ether oxygens (including phenoxy) is 1. The SMILES string of the molecule is CCC(C(=Nc1ccc(Cl)cc1)NO)N1CCC2(CC1)COc1cc(C(F)(F)F)ccc12. The minimum atomic E-state index is -4.39. The molecule has 1 atom stereocenters. The molecule has 172 valence electrons. The molecular weight excluding hydrogens is 443 g/mol. The van der Waals surface area contributed by atoms with Crippen LogP contribution in [0.2, 0.25) is 5.02 Å². The van der Waals surface area contributed by atoms with E-state index in [0.29, 0.717) is 42.0 Å². The lowest BCUT2D eigenvalue weighted by atomic mass is 9.74. The molecule has 0 aromatic heterocycles. The number of fused-ring (bicyclic) bond motifs is 2. The zero-order valence-electron chi connectivity index (χ0n) is 17.6. The molecule has 1 spiro atoms. The third-order valence-corrected chi connectivity index (χ3v) is 6.73. The molecule has 0 aliphatic carbocycles. The minimum absolute atomic E-state index is 0.123. The summed E-state index contributed by atoms with van der Waals surface area (Å²) in [5, 5.41) is 10.4. The number of alkyl halides is 3. The van der Waals surface area contributed by atoms with Crippen LogP contribution in [-0.2, 0) is 11.6 Å². The summed E-state index contributed by atoms with van der Waals surface area (Å²) in [7, 11) is 0. The van der Waals surface area contributed by atoms with E-state index in [1.807, 2.05) is 6.92 Å². The van der Waals surface area contributed by atoms with Gasteiger partial charge in [0.1, 0.15) is 11.6 Å². The fraction of sp³-hybridized carbons (Fsp3) is 0.435. The Bertz CT molecular complexity index is 987. The summed E-state index contributed by atoms with van der Waals surface area (Å²) in [4.78, 5) is 6.79. The van der Waals surface area contributed by atoms with Crippen molar-refractivity contribution in [2.45, 2.75) is 43.8 Å². The summed E-state index contributed by atoms with van der Waals surface area (Å²) >= 11 is 5.93. The number of benzene rings is 2. The van der Waals surface area contributed by atoms with Crippen LogP contribution in [-0.4, -0.2) is 41.7 Å². The van der Waals surface area contributed by atoms with E-state index in [9.17, 15) is 18.4 Å². The first kappa shape index (κ1) is 22.9. The number of piperidine rings is 1. The van der Waals surface area contributed by atoms with E-state index in [2.05, 4.69) is 15.4 Å². The van der Waals surface area contributed by atoms with Crippen molar-refractivity contribution < 1.29 is 23.1 Å². The smallest absolute Gasteiger partial charge is 0.416 e. The highest BCUT2D eigenvalue weighted by Crippen LogP contribution is 2.47. The Hall–Kier alpha value is -2.29. The maximum absolute atomic E-state index is 13.0. The van der Waals surface area contributed by atoms with Gasteiger partial charge >= 0.3 is 6.18 Å². The first-order valence-electron chi connectivity index (χ1n) is 10.6. The lowest BCUT2D eigenvalue weighted by Gasteiger charge is -2.42. The second-order valence-corrected chi connectivity index (χ2v) is 8.76. The average molecular weight is 468 g/mol. The molecule has 0 amide bonds. The summed E-state index contributed by atoms with van der Waals surface area (Å²) in [6.45, 7) is 3.84. The molecule has 2 N–H and O–H groups in total. The molecule has 2 heterocycles. The van der Waals surface area contributed by atoms with E-state index in [4.69, 9.17) is 16.3 Å². The molecule has 9 heteroatoms. The van der Waals surface area contributed by atoms with Gasteiger partial charge in [0.2, 0.25) is 0 Å². The molecule has 2 aromatic rings. The Morgan fingerprint density at radius 2 is 1.91 bits per heavy atom. The second kappa shape index (κ2) is 8.92. The number of hydroxylamine groups is 1. The Balaban J connectivity index is 1.50. The zero-order valence-corrected chi connectivity index (χ0v) is 18.4. The summed E-state index contributed by atoms with van der Waals surface area (Å²) in [6.07, 6.45) is -2.15. The number of nitrogens with zero attached hydrogens (tertiary/aromatic N) is 2. The summed E-state index contributed by atoms with van der Waals surface area (Å²) in [5.74, 6) is 0.783. The van der Waals surface area contributed by atoms with Crippen LogP contribution in [0, 0.1) is 0 Å². The number of likely N-dealkylation sites (tertiary alicyclic amines) is 1. The quantitative estimate of drug-likeness (QED) is 0.350. The number of hydrogen-bond donors (Lipinski definition) is 2. The molecule has 2 aliphatic rings. The summed E-state index contributed by atoms with van der Waals surface area (Å²) in [6, 6.07) is 10.7. The topological polar surface area (TPSA) is 57.1 Å². The molecule has 2 aliphatic heterocycles. The number of nitrogens with one attached hydrogen (secondary N) is 1. The van der Waals surface area contributed by atoms with E-state index >= 15 is 0 Å². The van der Waals surface area contributed by atoms with E-state index < -0.39 is 11.7 Å². The largest absolute Gasteiger partial charge is 0.492 e. The number of hydrogen-bond acceptors (Lipinski definition) is 4. The lowest BCUT2D eigenvalue weighted by molar-refractivity contribution is -0.137. The number of amidine groups is 1. The highest BCUT2D eigenvalue weighted by molar-refractivity contribution is 6.30. The third kappa shape index (κ3) is 4.44. The van der Waals surface area contributed by atoms with Crippen LogP contribution in [0.15, 0.2) is 47.5 Å². The van der Waals surface area contributed by atoms with Crippen LogP contribution in [0.5, 0.6) is 5.75 Å². The normalized spacial score (nSPS) is 19.5. The van der Waals surface area contributed by atoms with Crippen LogP contribution < -0.4 is 10.2 Å². The molecule has 1 fully saturated rings. The summed E-state index contributed by atoms with van der Waals surface area (Å²) < 4.78 is 44.8. The van der Waals surface area contributed by atoms with E-state index in [0.717, 1.165) is 37.0 Å². The van der Waals surface area contributed by atoms with Gasteiger partial charge in [0.15, 0.2) is 0 Å². The lowest BCUT2D eigenvalue weighted by Crippen LogP contribution is -2.52. The van der Waals surface area contributed by atoms with Gasteiger partial charge in [-0.2, -0.15) is 13.2 Å². The van der Waals surface area contributed by atoms with E-state index in [1.165, 1.54) is 0 Å². The van der Waals surface area contributed by atoms with Gasteiger partial charge in [0.05, 0.1) is 23.9 Å². The summed E-state index contributed by atoms with van der Waals surface area (Å²) in [5.41, 5.74) is 2.82. The molecular formula is C23H25ClF3N3O2. The van der Waals surface area contributed by atoms with Gasteiger partial charge in [0, 0.05) is 16.0 Å². The molecule has 1 saturated heterocycles. The molecule has 5 nitrogen and oxygen atoms in total. The molecule has 0 saturated carbocycles. The van der Waals surface area contributed by atoms with Gasteiger partial charge in [-0.05, 0) is 68.8 Å². The monoisotopic (exact) mass is 467 g/mol. The Morgan fingerprint density at radius 3 is 2.50 bits per heavy atom. The average Bonchev–Trinajstić information content (AvgIpc) is 3.13. The van der Waals surface area contributed by atoms with E-state index in [-0.39, 0.29) is 11.5 Å². The van der Waals surface area contributed by atoms with Crippen molar-refractivity contribution in [1.29, 1.82) is 0 Å². The van der Waals surface area contributed by atoms with Crippen molar-refractivity contribution in [3.63, 3.8) is 0 Å². The number of aliphatic imine (C=N–C) groups is 1. The maximum atomic E-state index is 13.0. The van der Waals surface area contributed by atoms with Crippen LogP contribution in [0.3, 0.4) is 0 Å². The highest BCUT2D eigenvalue weighted by Gasteiger charge is 2.45. The number of halogens is 4. The first-order chi connectivity index (χ1) is 15.3. The first-order valence-corrected chi connectivity index (χ1v) is 11.0. The highest BCUT2D eigenvalue weighted by atomic mass is 35.5. The predicted octanol–water partition coefficient (Wildman–Crippen LogP) is 5.57. The molecule has 4 rings (SSSR count). The van der Waals surface area contributed by atoms with Crippen LogP contribution >= 0.6 is 11.6 Å².